The minimum atomic E-state index is 1.07. The SMILES string of the molecule is Cc1cccc(N2C=CN(C)CC2)c1. The van der Waals surface area contributed by atoms with Gasteiger partial charge in [-0.05, 0) is 24.6 Å². The van der Waals surface area contributed by atoms with Gasteiger partial charge in [0.15, 0.2) is 0 Å². The van der Waals surface area contributed by atoms with Crippen molar-refractivity contribution in [1.29, 1.82) is 0 Å². The first kappa shape index (κ1) is 9.13. The summed E-state index contributed by atoms with van der Waals surface area (Å²) < 4.78 is 0. The third-order valence-electron chi connectivity index (χ3n) is 2.53. The van der Waals surface area contributed by atoms with Gasteiger partial charge in [0.25, 0.3) is 0 Å². The Kier molecular flexibility index (Phi) is 2.44. The molecular formula is C12H16N2. The highest BCUT2D eigenvalue weighted by atomic mass is 15.2. The second-order valence-electron chi connectivity index (χ2n) is 3.81. The van der Waals surface area contributed by atoms with Gasteiger partial charge >= 0.3 is 0 Å². The Morgan fingerprint density at radius 1 is 1.14 bits per heavy atom. The van der Waals surface area contributed by atoms with Gasteiger partial charge in [-0.25, -0.2) is 0 Å². The van der Waals surface area contributed by atoms with Crippen LogP contribution in [0.3, 0.4) is 0 Å². The van der Waals surface area contributed by atoms with Crippen molar-refractivity contribution in [3.63, 3.8) is 0 Å². The van der Waals surface area contributed by atoms with Crippen LogP contribution in [0.4, 0.5) is 5.69 Å². The molecule has 1 aliphatic heterocycles. The smallest absolute Gasteiger partial charge is 0.0409 e. The van der Waals surface area contributed by atoms with Crippen molar-refractivity contribution in [2.75, 3.05) is 25.0 Å². The van der Waals surface area contributed by atoms with E-state index in [1.807, 2.05) is 0 Å². The van der Waals surface area contributed by atoms with Crippen LogP contribution >= 0.6 is 0 Å². The van der Waals surface area contributed by atoms with Gasteiger partial charge < -0.3 is 9.80 Å². The first-order valence-electron chi connectivity index (χ1n) is 4.97. The summed E-state index contributed by atoms with van der Waals surface area (Å²) in [4.78, 5) is 4.49. The van der Waals surface area contributed by atoms with Gasteiger partial charge in [-0.3, -0.25) is 0 Å². The Balaban J connectivity index is 2.20. The lowest BCUT2D eigenvalue weighted by Crippen LogP contribution is -2.32. The molecule has 0 unspecified atom stereocenters. The lowest BCUT2D eigenvalue weighted by Gasteiger charge is -2.29. The van der Waals surface area contributed by atoms with Crippen LogP contribution in [0.1, 0.15) is 5.56 Å². The maximum atomic E-state index is 2.28. The zero-order valence-electron chi connectivity index (χ0n) is 8.77. The van der Waals surface area contributed by atoms with E-state index in [9.17, 15) is 0 Å². The zero-order valence-corrected chi connectivity index (χ0v) is 8.77. The zero-order chi connectivity index (χ0) is 9.97. The molecule has 74 valence electrons. The number of rotatable bonds is 1. The van der Waals surface area contributed by atoms with E-state index in [4.69, 9.17) is 0 Å². The average molecular weight is 188 g/mol. The number of nitrogens with zero attached hydrogens (tertiary/aromatic N) is 2. The van der Waals surface area contributed by atoms with E-state index in [0.717, 1.165) is 13.1 Å². The molecule has 2 rings (SSSR count). The molecule has 1 aromatic rings. The summed E-state index contributed by atoms with van der Waals surface area (Å²) in [6.07, 6.45) is 4.25. The lowest BCUT2D eigenvalue weighted by molar-refractivity contribution is 0.446. The third-order valence-corrected chi connectivity index (χ3v) is 2.53. The van der Waals surface area contributed by atoms with Crippen LogP contribution in [0.2, 0.25) is 0 Å². The predicted molar refractivity (Wildman–Crippen MR) is 60.3 cm³/mol. The van der Waals surface area contributed by atoms with Crippen LogP contribution in [0.15, 0.2) is 36.7 Å². The number of anilines is 1. The largest absolute Gasteiger partial charge is 0.377 e. The van der Waals surface area contributed by atoms with E-state index in [-0.39, 0.29) is 0 Å². The molecule has 1 aromatic carbocycles. The molecule has 0 saturated heterocycles. The lowest BCUT2D eigenvalue weighted by atomic mass is 10.2. The summed E-state index contributed by atoms with van der Waals surface area (Å²) in [5, 5.41) is 0. The Bertz CT molecular complexity index is 344. The quantitative estimate of drug-likeness (QED) is 0.666. The molecule has 0 atom stereocenters. The standard InChI is InChI=1S/C12H16N2/c1-11-4-3-5-12(10-11)14-8-6-13(2)7-9-14/h3-6,8,10H,7,9H2,1-2H3. The molecule has 0 aromatic heterocycles. The molecule has 2 nitrogen and oxygen atoms in total. The highest BCUT2D eigenvalue weighted by Gasteiger charge is 2.07. The molecule has 0 amide bonds. The second-order valence-corrected chi connectivity index (χ2v) is 3.81. The number of hydrogen-bond donors (Lipinski definition) is 0. The first-order valence-corrected chi connectivity index (χ1v) is 4.97. The Labute approximate surface area is 85.4 Å². The van der Waals surface area contributed by atoms with Gasteiger partial charge in [0, 0.05) is 38.2 Å². The highest BCUT2D eigenvalue weighted by molar-refractivity contribution is 5.51. The normalized spacial score (nSPS) is 16.1. The third kappa shape index (κ3) is 1.90. The summed E-state index contributed by atoms with van der Waals surface area (Å²) in [6.45, 7) is 4.28. The Hall–Kier alpha value is -1.44. The predicted octanol–water partition coefficient (Wildman–Crippen LogP) is 2.22. The van der Waals surface area contributed by atoms with E-state index < -0.39 is 0 Å². The summed E-state index contributed by atoms with van der Waals surface area (Å²) in [5.41, 5.74) is 2.60. The Morgan fingerprint density at radius 2 is 2.00 bits per heavy atom. The van der Waals surface area contributed by atoms with E-state index >= 15 is 0 Å². The molecular weight excluding hydrogens is 172 g/mol. The summed E-state index contributed by atoms with van der Waals surface area (Å²) in [5.74, 6) is 0. The minimum absolute atomic E-state index is 1.07. The number of benzene rings is 1. The number of hydrogen-bond acceptors (Lipinski definition) is 2. The van der Waals surface area contributed by atoms with Crippen LogP contribution in [0.5, 0.6) is 0 Å². The van der Waals surface area contributed by atoms with Crippen molar-refractivity contribution < 1.29 is 0 Å². The molecule has 0 N–H and O–H groups in total. The van der Waals surface area contributed by atoms with Crippen LogP contribution in [0.25, 0.3) is 0 Å². The van der Waals surface area contributed by atoms with Crippen LogP contribution < -0.4 is 4.90 Å². The maximum absolute atomic E-state index is 2.28. The summed E-state index contributed by atoms with van der Waals surface area (Å²) in [7, 11) is 2.10. The van der Waals surface area contributed by atoms with E-state index in [1.54, 1.807) is 0 Å². The highest BCUT2D eigenvalue weighted by Crippen LogP contribution is 2.17. The molecule has 0 spiro atoms. The molecule has 0 radical (unpaired) electrons. The van der Waals surface area contributed by atoms with Gasteiger partial charge in [-0.1, -0.05) is 12.1 Å². The fourth-order valence-corrected chi connectivity index (χ4v) is 1.63. The van der Waals surface area contributed by atoms with Crippen molar-refractivity contribution in [2.24, 2.45) is 0 Å². The topological polar surface area (TPSA) is 6.48 Å². The number of likely N-dealkylation sites (N-methyl/N-ethyl adjacent to an activating group) is 1. The van der Waals surface area contributed by atoms with Gasteiger partial charge in [-0.2, -0.15) is 0 Å². The van der Waals surface area contributed by atoms with Gasteiger partial charge in [0.2, 0.25) is 0 Å². The van der Waals surface area contributed by atoms with Crippen molar-refractivity contribution in [1.82, 2.24) is 4.90 Å². The first-order chi connectivity index (χ1) is 6.75. The van der Waals surface area contributed by atoms with Crippen molar-refractivity contribution >= 4 is 5.69 Å². The van der Waals surface area contributed by atoms with Gasteiger partial charge in [0.1, 0.15) is 0 Å². The fraction of sp³-hybridized carbons (Fsp3) is 0.333. The van der Waals surface area contributed by atoms with Crippen molar-refractivity contribution in [3.8, 4) is 0 Å². The minimum Gasteiger partial charge on any atom is -0.377 e. The second kappa shape index (κ2) is 3.74. The average Bonchev–Trinajstić information content (AvgIpc) is 2.19. The molecule has 0 fully saturated rings. The molecule has 1 heterocycles. The fourth-order valence-electron chi connectivity index (χ4n) is 1.63. The molecule has 14 heavy (non-hydrogen) atoms. The number of aryl methyl sites for hydroxylation is 1. The van der Waals surface area contributed by atoms with Crippen molar-refractivity contribution in [3.05, 3.63) is 42.2 Å². The Morgan fingerprint density at radius 3 is 2.64 bits per heavy atom. The monoisotopic (exact) mass is 188 g/mol. The molecule has 1 aliphatic rings. The molecule has 2 heteroatoms. The molecule has 0 bridgehead atoms. The van der Waals surface area contributed by atoms with E-state index in [0.29, 0.717) is 0 Å². The summed E-state index contributed by atoms with van der Waals surface area (Å²) >= 11 is 0. The van der Waals surface area contributed by atoms with Crippen LogP contribution in [0, 0.1) is 6.92 Å². The van der Waals surface area contributed by atoms with E-state index in [1.165, 1.54) is 11.3 Å². The van der Waals surface area contributed by atoms with Gasteiger partial charge in [-0.15, -0.1) is 0 Å². The van der Waals surface area contributed by atoms with E-state index in [2.05, 4.69) is 60.4 Å². The van der Waals surface area contributed by atoms with Crippen molar-refractivity contribution in [2.45, 2.75) is 6.92 Å². The van der Waals surface area contributed by atoms with Crippen LogP contribution in [-0.2, 0) is 0 Å². The van der Waals surface area contributed by atoms with Gasteiger partial charge in [0.05, 0.1) is 0 Å². The summed E-state index contributed by atoms with van der Waals surface area (Å²) in [6, 6.07) is 8.61. The molecule has 0 saturated carbocycles. The maximum Gasteiger partial charge on any atom is 0.0409 e. The molecule has 0 aliphatic carbocycles. The van der Waals surface area contributed by atoms with Crippen LogP contribution in [-0.4, -0.2) is 25.0 Å².